The molecule has 1 aromatic carbocycles. The lowest BCUT2D eigenvalue weighted by Gasteiger charge is -2.21. The highest BCUT2D eigenvalue weighted by molar-refractivity contribution is 7.55. The van der Waals surface area contributed by atoms with Gasteiger partial charge < -0.3 is 9.05 Å². The average Bonchev–Trinajstić information content (AvgIpc) is 2.69. The molecule has 4 nitrogen and oxygen atoms in total. The lowest BCUT2D eigenvalue weighted by molar-refractivity contribution is 0.0980. The number of Topliss-reactive ketones (excluding diaryl/α,β-unsaturated/α-hetero) is 1. The van der Waals surface area contributed by atoms with Crippen LogP contribution in [0.2, 0.25) is 0 Å². The highest BCUT2D eigenvalue weighted by Crippen LogP contribution is 2.56. The molecule has 1 atom stereocenters. The van der Waals surface area contributed by atoms with Crippen LogP contribution in [0.5, 0.6) is 0 Å². The average molecular weight is 268 g/mol. The molecule has 0 fully saturated rings. The van der Waals surface area contributed by atoms with Crippen molar-refractivity contribution in [2.75, 3.05) is 13.2 Å². The lowest BCUT2D eigenvalue weighted by Crippen LogP contribution is -2.19. The molecule has 18 heavy (non-hydrogen) atoms. The van der Waals surface area contributed by atoms with Gasteiger partial charge in [-0.25, -0.2) is 0 Å². The van der Waals surface area contributed by atoms with E-state index in [4.69, 9.17) is 9.05 Å². The fraction of sp³-hybridized carbons (Fsp3) is 0.462. The molecular formula is C13H17O4P. The zero-order valence-corrected chi connectivity index (χ0v) is 11.5. The van der Waals surface area contributed by atoms with Crippen molar-refractivity contribution in [3.8, 4) is 0 Å². The summed E-state index contributed by atoms with van der Waals surface area (Å²) in [6.07, 6.45) is 0.437. The maximum atomic E-state index is 12.6. The molecule has 1 unspecified atom stereocenters. The molecule has 0 N–H and O–H groups in total. The monoisotopic (exact) mass is 268 g/mol. The highest BCUT2D eigenvalue weighted by atomic mass is 31.2. The van der Waals surface area contributed by atoms with Crippen LogP contribution in [-0.4, -0.2) is 24.7 Å². The Hall–Kier alpha value is -0.960. The Morgan fingerprint density at radius 1 is 1.22 bits per heavy atom. The van der Waals surface area contributed by atoms with Crippen molar-refractivity contribution in [1.82, 2.24) is 0 Å². The van der Waals surface area contributed by atoms with Crippen molar-refractivity contribution in [3.63, 3.8) is 0 Å². The smallest absolute Gasteiger partial charge is 0.308 e. The molecule has 2 rings (SSSR count). The van der Waals surface area contributed by atoms with E-state index in [1.807, 2.05) is 18.2 Å². The number of rotatable bonds is 5. The zero-order valence-electron chi connectivity index (χ0n) is 10.6. The minimum Gasteiger partial charge on any atom is -0.308 e. The number of carbonyl (C=O) groups excluding carboxylic acids is 1. The topological polar surface area (TPSA) is 52.6 Å². The van der Waals surface area contributed by atoms with Crippen molar-refractivity contribution in [1.29, 1.82) is 0 Å². The molecule has 5 heteroatoms. The Morgan fingerprint density at radius 2 is 1.83 bits per heavy atom. The van der Waals surface area contributed by atoms with E-state index in [2.05, 4.69) is 0 Å². The standard InChI is InChI=1S/C13H17O4P/c1-3-16-18(15,17-4-2)12-9-10-7-5-6-8-11(10)13(12)14/h5-8,12H,3-4,9H2,1-2H3. The van der Waals surface area contributed by atoms with Crippen LogP contribution in [-0.2, 0) is 20.0 Å². The molecule has 0 bridgehead atoms. The summed E-state index contributed by atoms with van der Waals surface area (Å²) >= 11 is 0. The van der Waals surface area contributed by atoms with Gasteiger partial charge in [0.05, 0.1) is 13.2 Å². The van der Waals surface area contributed by atoms with Crippen LogP contribution in [0.3, 0.4) is 0 Å². The summed E-state index contributed by atoms with van der Waals surface area (Å²) in [5.41, 5.74) is 0.879. The Kier molecular flexibility index (Phi) is 4.00. The Balaban J connectivity index is 2.31. The molecule has 98 valence electrons. The maximum absolute atomic E-state index is 12.6. The minimum absolute atomic E-state index is 0.129. The first kappa shape index (κ1) is 13.5. The number of benzene rings is 1. The first-order valence-electron chi connectivity index (χ1n) is 6.13. The summed E-state index contributed by atoms with van der Waals surface area (Å²) in [7, 11) is -3.36. The molecule has 0 saturated heterocycles. The number of ketones is 1. The summed E-state index contributed by atoms with van der Waals surface area (Å²) < 4.78 is 23.2. The van der Waals surface area contributed by atoms with Crippen LogP contribution in [0, 0.1) is 0 Å². The normalized spacial score (nSPS) is 19.0. The van der Waals surface area contributed by atoms with E-state index >= 15 is 0 Å². The van der Waals surface area contributed by atoms with Gasteiger partial charge in [0, 0.05) is 5.56 Å². The van der Waals surface area contributed by atoms with Crippen LogP contribution in [0.25, 0.3) is 0 Å². The zero-order chi connectivity index (χ0) is 13.2. The Bertz CT molecular complexity index is 488. The van der Waals surface area contributed by atoms with Crippen molar-refractivity contribution in [2.24, 2.45) is 0 Å². The third-order valence-corrected chi connectivity index (χ3v) is 5.42. The predicted molar refractivity (Wildman–Crippen MR) is 69.1 cm³/mol. The van der Waals surface area contributed by atoms with Crippen LogP contribution < -0.4 is 0 Å². The molecule has 0 aromatic heterocycles. The van der Waals surface area contributed by atoms with Crippen molar-refractivity contribution < 1.29 is 18.4 Å². The van der Waals surface area contributed by atoms with Crippen LogP contribution in [0.15, 0.2) is 24.3 Å². The second kappa shape index (κ2) is 5.35. The molecule has 1 aliphatic carbocycles. The predicted octanol–water partition coefficient (Wildman–Crippen LogP) is 3.06. The summed E-state index contributed by atoms with van der Waals surface area (Å²) in [6, 6.07) is 7.33. The maximum Gasteiger partial charge on any atom is 0.341 e. The molecule has 1 aliphatic rings. The first-order valence-corrected chi connectivity index (χ1v) is 7.74. The fourth-order valence-corrected chi connectivity index (χ4v) is 4.25. The largest absolute Gasteiger partial charge is 0.341 e. The van der Waals surface area contributed by atoms with Crippen LogP contribution >= 0.6 is 7.60 Å². The molecular weight excluding hydrogens is 251 g/mol. The van der Waals surface area contributed by atoms with E-state index in [-0.39, 0.29) is 19.0 Å². The van der Waals surface area contributed by atoms with Gasteiger partial charge in [0.1, 0.15) is 5.66 Å². The van der Waals surface area contributed by atoms with Crippen molar-refractivity contribution in [3.05, 3.63) is 35.4 Å². The second-order valence-electron chi connectivity index (χ2n) is 4.12. The van der Waals surface area contributed by atoms with Crippen LogP contribution in [0.1, 0.15) is 29.8 Å². The van der Waals surface area contributed by atoms with Crippen molar-refractivity contribution >= 4 is 13.4 Å². The first-order chi connectivity index (χ1) is 8.62. The summed E-state index contributed by atoms with van der Waals surface area (Å²) in [5, 5.41) is 0. The quantitative estimate of drug-likeness (QED) is 0.770. The Morgan fingerprint density at radius 3 is 2.39 bits per heavy atom. The molecule has 0 heterocycles. The number of hydrogen-bond donors (Lipinski definition) is 0. The van der Waals surface area contributed by atoms with Gasteiger partial charge in [-0.2, -0.15) is 0 Å². The van der Waals surface area contributed by atoms with E-state index in [1.165, 1.54) is 0 Å². The van der Waals surface area contributed by atoms with E-state index in [1.54, 1.807) is 19.9 Å². The molecule has 0 spiro atoms. The van der Waals surface area contributed by atoms with E-state index < -0.39 is 13.3 Å². The summed E-state index contributed by atoms with van der Waals surface area (Å²) in [5.74, 6) is -0.129. The molecule has 0 amide bonds. The molecule has 0 aliphatic heterocycles. The summed E-state index contributed by atoms with van der Waals surface area (Å²) in [6.45, 7) is 4.05. The highest BCUT2D eigenvalue weighted by Gasteiger charge is 2.45. The Labute approximate surface area is 107 Å². The van der Waals surface area contributed by atoms with E-state index in [0.29, 0.717) is 12.0 Å². The third-order valence-electron chi connectivity index (χ3n) is 3.00. The lowest BCUT2D eigenvalue weighted by atomic mass is 10.1. The minimum atomic E-state index is -3.36. The fourth-order valence-electron chi connectivity index (χ4n) is 2.25. The van der Waals surface area contributed by atoms with Gasteiger partial charge in [-0.1, -0.05) is 24.3 Å². The van der Waals surface area contributed by atoms with Crippen molar-refractivity contribution in [2.45, 2.75) is 25.9 Å². The van der Waals surface area contributed by atoms with E-state index in [0.717, 1.165) is 5.56 Å². The number of fused-ring (bicyclic) bond motifs is 1. The van der Waals surface area contributed by atoms with Gasteiger partial charge in [0.25, 0.3) is 0 Å². The molecule has 1 aromatic rings. The van der Waals surface area contributed by atoms with Gasteiger partial charge in [0.2, 0.25) is 0 Å². The van der Waals surface area contributed by atoms with Gasteiger partial charge in [-0.3, -0.25) is 9.36 Å². The number of hydrogen-bond acceptors (Lipinski definition) is 4. The SMILES string of the molecule is CCOP(=O)(OCC)C1Cc2ccccc2C1=O. The molecule has 0 saturated carbocycles. The number of carbonyl (C=O) groups is 1. The van der Waals surface area contributed by atoms with Crippen LogP contribution in [0.4, 0.5) is 0 Å². The van der Waals surface area contributed by atoms with Gasteiger partial charge >= 0.3 is 7.60 Å². The summed E-state index contributed by atoms with van der Waals surface area (Å²) in [4.78, 5) is 12.3. The van der Waals surface area contributed by atoms with Gasteiger partial charge in [-0.05, 0) is 25.8 Å². The molecule has 0 radical (unpaired) electrons. The van der Waals surface area contributed by atoms with Gasteiger partial charge in [-0.15, -0.1) is 0 Å². The second-order valence-corrected chi connectivity index (χ2v) is 6.34. The van der Waals surface area contributed by atoms with E-state index in [9.17, 15) is 9.36 Å². The van der Waals surface area contributed by atoms with Gasteiger partial charge in [0.15, 0.2) is 5.78 Å². The third kappa shape index (κ3) is 2.28.